The molecule has 0 unspecified atom stereocenters. The molecule has 574 valence electrons. The molecule has 28 rings (SSSR count). The van der Waals surface area contributed by atoms with E-state index < -0.39 is 0 Å². The molecule has 14 heteroatoms. The summed E-state index contributed by atoms with van der Waals surface area (Å²) in [5.74, 6) is 3.33. The second-order valence-electron chi connectivity index (χ2n) is 32.4. The van der Waals surface area contributed by atoms with E-state index in [1.165, 1.54) is 45.7 Å². The van der Waals surface area contributed by atoms with E-state index in [-0.39, 0.29) is 0 Å². The van der Waals surface area contributed by atoms with Gasteiger partial charge in [0.25, 0.3) is 0 Å². The molecule has 0 aliphatic carbocycles. The van der Waals surface area contributed by atoms with E-state index in [1.54, 1.807) is 34.0 Å². The molecule has 0 fully saturated rings. The van der Waals surface area contributed by atoms with Gasteiger partial charge in [0.15, 0.2) is 40.3 Å². The number of furan rings is 2. The van der Waals surface area contributed by atoms with Crippen molar-refractivity contribution >= 4 is 225 Å². The van der Waals surface area contributed by atoms with E-state index in [2.05, 4.69) is 359 Å². The summed E-state index contributed by atoms with van der Waals surface area (Å²) >= 11 is 5.38. The third-order valence-electron chi connectivity index (χ3n) is 25.5. The predicted octanol–water partition coefficient (Wildman–Crippen LogP) is 30.6. The van der Waals surface area contributed by atoms with Crippen molar-refractivity contribution in [1.29, 1.82) is 0 Å². The van der Waals surface area contributed by atoms with Crippen molar-refractivity contribution in [2.24, 2.45) is 0 Å². The average molecular weight is 1630 g/mol. The van der Waals surface area contributed by atoms with E-state index in [4.69, 9.17) is 38.7 Å². The number of aromatic nitrogens is 9. The Bertz CT molecular complexity index is 9530. The fraction of sp³-hybridized carbons (Fsp3) is 0. The maximum absolute atomic E-state index is 7.21. The van der Waals surface area contributed by atoms with Gasteiger partial charge in [-0.3, -0.25) is 4.57 Å². The highest BCUT2D eigenvalue weighted by atomic mass is 32.1. The summed E-state index contributed by atoms with van der Waals surface area (Å²) in [5, 5.41) is 22.4. The van der Waals surface area contributed by atoms with Crippen molar-refractivity contribution in [3.05, 3.63) is 358 Å². The van der Waals surface area contributed by atoms with Gasteiger partial charge in [0, 0.05) is 142 Å². The molecule has 10 heterocycles. The van der Waals surface area contributed by atoms with E-state index >= 15 is 0 Å². The van der Waals surface area contributed by atoms with Crippen molar-refractivity contribution in [2.75, 3.05) is 0 Å². The summed E-state index contributed by atoms with van der Waals surface area (Å²) < 4.78 is 28.3. The molecule has 0 radical (unpaired) electrons. The lowest BCUT2D eigenvalue weighted by molar-refractivity contribution is 0.666. The second-order valence-corrected chi connectivity index (χ2v) is 35.6. The second kappa shape index (κ2) is 25.8. The number of nitrogens with zero attached hydrogens (tertiary/aromatic N) is 9. The minimum atomic E-state index is 0.522. The first-order chi connectivity index (χ1) is 61.4. The van der Waals surface area contributed by atoms with Crippen LogP contribution in [0.2, 0.25) is 0 Å². The summed E-state index contributed by atoms with van der Waals surface area (Å²) in [7, 11) is 0. The summed E-state index contributed by atoms with van der Waals surface area (Å²) in [4.78, 5) is 33.4. The maximum atomic E-state index is 7.21. The summed E-state index contributed by atoms with van der Waals surface area (Å²) in [5.41, 5.74) is 17.6. The Labute approximate surface area is 715 Å². The van der Waals surface area contributed by atoms with Crippen LogP contribution in [-0.2, 0) is 0 Å². The Hall–Kier alpha value is -15.8. The van der Waals surface area contributed by atoms with Crippen molar-refractivity contribution in [3.63, 3.8) is 0 Å². The van der Waals surface area contributed by atoms with Gasteiger partial charge in [-0.15, -0.1) is 34.0 Å². The molecule has 0 atom stereocenters. The molecule has 124 heavy (non-hydrogen) atoms. The van der Waals surface area contributed by atoms with Crippen LogP contribution >= 0.6 is 34.0 Å². The molecule has 0 bridgehead atoms. The van der Waals surface area contributed by atoms with E-state index in [1.807, 2.05) is 12.1 Å². The minimum absolute atomic E-state index is 0.522. The zero-order valence-corrected chi connectivity index (χ0v) is 68.1. The lowest BCUT2D eigenvalue weighted by atomic mass is 9.97. The van der Waals surface area contributed by atoms with Crippen molar-refractivity contribution in [1.82, 2.24) is 43.6 Å². The smallest absolute Gasteiger partial charge is 0.238 e. The zero-order chi connectivity index (χ0) is 80.7. The molecule has 0 spiro atoms. The number of hydrogen-bond acceptors (Lipinski definition) is 11. The van der Waals surface area contributed by atoms with Crippen molar-refractivity contribution in [3.8, 4) is 85.4 Å². The fourth-order valence-corrected chi connectivity index (χ4v) is 23.2. The molecule has 0 aliphatic heterocycles. The van der Waals surface area contributed by atoms with Gasteiger partial charge >= 0.3 is 0 Å². The number of benzene rings is 18. The monoisotopic (exact) mass is 1630 g/mol. The number of fused-ring (bicyclic) bond motifs is 26. The highest BCUT2D eigenvalue weighted by Gasteiger charge is 2.28. The lowest BCUT2D eigenvalue weighted by Gasteiger charge is -2.14. The lowest BCUT2D eigenvalue weighted by Crippen LogP contribution is -2.06. The van der Waals surface area contributed by atoms with Crippen LogP contribution in [0.1, 0.15) is 0 Å². The van der Waals surface area contributed by atoms with E-state index in [9.17, 15) is 0 Å². The third kappa shape index (κ3) is 10.1. The zero-order valence-electron chi connectivity index (χ0n) is 65.6. The Kier molecular flexibility index (Phi) is 14.2. The Balaban J connectivity index is 0.621. The Morgan fingerprint density at radius 2 is 0.565 bits per heavy atom. The molecular weight excluding hydrogens is 1580 g/mol. The van der Waals surface area contributed by atoms with Crippen LogP contribution in [0.4, 0.5) is 0 Å². The summed E-state index contributed by atoms with van der Waals surface area (Å²) in [6.45, 7) is 0. The first kappa shape index (κ1) is 68.0. The first-order valence-corrected chi connectivity index (χ1v) is 43.9. The Morgan fingerprint density at radius 1 is 0.202 bits per heavy atom. The highest BCUT2D eigenvalue weighted by Crippen LogP contribution is 2.50. The molecule has 18 aromatic carbocycles. The average Bonchev–Trinajstić information content (AvgIpc) is 1.55. The van der Waals surface area contributed by atoms with Crippen molar-refractivity contribution in [2.45, 2.75) is 0 Å². The predicted molar refractivity (Wildman–Crippen MR) is 517 cm³/mol. The van der Waals surface area contributed by atoms with Gasteiger partial charge in [-0.2, -0.15) is 9.97 Å². The largest absolute Gasteiger partial charge is 0.454 e. The van der Waals surface area contributed by atoms with Crippen LogP contribution in [0.5, 0.6) is 0 Å². The van der Waals surface area contributed by atoms with Crippen LogP contribution in [0.3, 0.4) is 0 Å². The van der Waals surface area contributed by atoms with Crippen LogP contribution in [0.15, 0.2) is 367 Å². The molecular formula is C110H59N9O2S3. The molecule has 11 nitrogen and oxygen atoms in total. The van der Waals surface area contributed by atoms with Gasteiger partial charge in [-0.25, -0.2) is 19.9 Å². The van der Waals surface area contributed by atoms with Gasteiger partial charge in [0.05, 0.1) is 44.5 Å². The quantitative estimate of drug-likeness (QED) is 0.140. The first-order valence-electron chi connectivity index (χ1n) is 41.5. The standard InChI is InChI=1S/C110H59N9O2S3/c1-3-22-62-53-90-81(48-60(62)20-1)73-26-7-12-32-86(73)117(90)92-55-68(51-83-74-27-8-15-36-94(74)120-103(83)92)108-112-105(66-41-45-78-76-29-10-17-38-96(76)123-100(78)58-66)111-106(113-108)67-42-46-80-79-44-40-64(57-99(79)124-101(80)59-67)70-31-19-35-89-102(70)85-49-61-21-2-4-23-63(61)54-91(85)118(89)93-56-69(52-84-75-28-9-16-37-95(75)121-104(84)93)109-114-107(65-43-47-98-82(50-65)77-30-11-18-39-97(77)122-98)115-110(116-109)119-87-33-13-5-24-71(87)72-25-6-14-34-88(72)119/h1-59H. The number of hydrogen-bond donors (Lipinski definition) is 0. The maximum Gasteiger partial charge on any atom is 0.238 e. The van der Waals surface area contributed by atoms with Gasteiger partial charge in [-0.05, 0) is 166 Å². The number of para-hydroxylation sites is 5. The SMILES string of the molecule is c1ccc2cc3c(cc2c1)c1ccccc1n3-c1cc(-c2nc(-c3ccc4c(c3)sc3ccccc34)nc(-c3ccc4c(c3)sc3cc(-c5cccc6c5c5cc7ccccc7cc5n6-c5cc(-c6nc(-c7ccc8sc9ccccc9c8c7)nc(-n7c8ccccc8c8ccccc87)n6)cc6c5oc5ccccc56)ccc34)n2)cc2c1oc1ccccc12. The Morgan fingerprint density at radius 3 is 1.14 bits per heavy atom. The normalized spacial score (nSPS) is 12.4. The van der Waals surface area contributed by atoms with E-state index in [0.29, 0.717) is 35.1 Å². The topological polar surface area (TPSA) is 118 Å². The molecule has 0 N–H and O–H groups in total. The molecule has 0 amide bonds. The highest BCUT2D eigenvalue weighted by molar-refractivity contribution is 7.26. The summed E-state index contributed by atoms with van der Waals surface area (Å²) in [6, 6.07) is 129. The van der Waals surface area contributed by atoms with E-state index in [0.717, 1.165) is 196 Å². The molecule has 0 aliphatic rings. The summed E-state index contributed by atoms with van der Waals surface area (Å²) in [6.07, 6.45) is 0. The molecule has 0 saturated carbocycles. The van der Waals surface area contributed by atoms with Gasteiger partial charge < -0.3 is 18.0 Å². The van der Waals surface area contributed by atoms with Crippen LogP contribution in [0.25, 0.3) is 277 Å². The fourth-order valence-electron chi connectivity index (χ4n) is 19.8. The number of thiophene rings is 3. The minimum Gasteiger partial charge on any atom is -0.454 e. The van der Waals surface area contributed by atoms with Gasteiger partial charge in [0.2, 0.25) is 5.95 Å². The van der Waals surface area contributed by atoms with Gasteiger partial charge in [-0.1, -0.05) is 224 Å². The van der Waals surface area contributed by atoms with Crippen LogP contribution < -0.4 is 0 Å². The van der Waals surface area contributed by atoms with Crippen LogP contribution in [-0.4, -0.2) is 43.6 Å². The van der Waals surface area contributed by atoms with Gasteiger partial charge in [0.1, 0.15) is 11.2 Å². The molecule has 10 aromatic heterocycles. The van der Waals surface area contributed by atoms with Crippen molar-refractivity contribution < 1.29 is 8.83 Å². The molecule has 28 aromatic rings. The third-order valence-corrected chi connectivity index (χ3v) is 28.9. The number of rotatable bonds is 9. The molecule has 0 saturated heterocycles. The van der Waals surface area contributed by atoms with Crippen LogP contribution in [0, 0.1) is 0 Å².